The molecule has 2 amide bonds. The first-order chi connectivity index (χ1) is 18.2. The van der Waals surface area contributed by atoms with Crippen LogP contribution in [0.25, 0.3) is 11.0 Å². The van der Waals surface area contributed by atoms with Crippen molar-refractivity contribution >= 4 is 38.8 Å². The minimum atomic E-state index is -4.01. The summed E-state index contributed by atoms with van der Waals surface area (Å²) < 4.78 is 38.5. The smallest absolute Gasteiger partial charge is 0.415 e. The molecule has 0 aliphatic carbocycles. The van der Waals surface area contributed by atoms with Gasteiger partial charge in [-0.25, -0.2) is 18.2 Å². The number of benzene rings is 1. The molecule has 3 aromatic rings. The zero-order chi connectivity index (χ0) is 27.0. The minimum Gasteiger partial charge on any atom is -0.425 e. The van der Waals surface area contributed by atoms with E-state index in [4.69, 9.17) is 9.15 Å². The lowest BCUT2D eigenvalue weighted by Gasteiger charge is -2.27. The summed E-state index contributed by atoms with van der Waals surface area (Å²) in [7, 11) is -4.01. The van der Waals surface area contributed by atoms with E-state index >= 15 is 0 Å². The van der Waals surface area contributed by atoms with Crippen LogP contribution in [-0.4, -0.2) is 71.6 Å². The summed E-state index contributed by atoms with van der Waals surface area (Å²) in [6.45, 7) is 3.49. The second kappa shape index (κ2) is 10.2. The van der Waals surface area contributed by atoms with Gasteiger partial charge in [0.05, 0.1) is 12.6 Å². The number of fused-ring (bicyclic) bond motifs is 2. The van der Waals surface area contributed by atoms with Gasteiger partial charge in [-0.15, -0.1) is 0 Å². The fourth-order valence-corrected chi connectivity index (χ4v) is 6.77. The molecule has 0 saturated carbocycles. The molecular weight excluding hydrogens is 512 g/mol. The zero-order valence-corrected chi connectivity index (χ0v) is 21.8. The monoisotopic (exact) mass is 540 g/mol. The van der Waals surface area contributed by atoms with Crippen LogP contribution in [0.2, 0.25) is 0 Å². The molecule has 0 spiro atoms. The van der Waals surface area contributed by atoms with Gasteiger partial charge in [0.1, 0.15) is 17.7 Å². The number of carbonyl (C=O) groups is 3. The molecule has 11 nitrogen and oxygen atoms in total. The summed E-state index contributed by atoms with van der Waals surface area (Å²) in [6.07, 6.45) is 1.71. The number of aryl methyl sites for hydroxylation is 1. The molecule has 0 bridgehead atoms. The lowest BCUT2D eigenvalue weighted by atomic mass is 10.1. The largest absolute Gasteiger partial charge is 0.425 e. The van der Waals surface area contributed by atoms with Crippen LogP contribution in [0.1, 0.15) is 31.7 Å². The summed E-state index contributed by atoms with van der Waals surface area (Å²) in [6, 6.07) is 9.25. The number of sulfonamides is 1. The van der Waals surface area contributed by atoms with E-state index in [0.29, 0.717) is 30.4 Å². The van der Waals surface area contributed by atoms with Gasteiger partial charge in [-0.2, -0.15) is 4.31 Å². The number of nitrogens with one attached hydrogen (secondary N) is 1. The molecule has 0 radical (unpaired) electrons. The van der Waals surface area contributed by atoms with Crippen LogP contribution in [0.4, 0.5) is 4.79 Å². The molecule has 4 heterocycles. The minimum absolute atomic E-state index is 0.0361. The number of amides is 2. The van der Waals surface area contributed by atoms with Crippen molar-refractivity contribution in [3.63, 3.8) is 0 Å². The van der Waals surface area contributed by atoms with Crippen molar-refractivity contribution in [2.45, 2.75) is 56.3 Å². The SMILES string of the molecule is CCCC(NC(=O)Oc1oc2ccccc2c1C)C(=O)N1CCC2C1C(=O)CN2S(=O)(=O)c1ccccn1. The first-order valence-electron chi connectivity index (χ1n) is 12.4. The Morgan fingerprint density at radius 1 is 1.21 bits per heavy atom. The fraction of sp³-hybridized carbons (Fsp3) is 0.385. The lowest BCUT2D eigenvalue weighted by molar-refractivity contribution is -0.138. The Morgan fingerprint density at radius 3 is 2.68 bits per heavy atom. The van der Waals surface area contributed by atoms with Crippen molar-refractivity contribution < 1.29 is 32.0 Å². The molecule has 2 saturated heterocycles. The fourth-order valence-electron chi connectivity index (χ4n) is 5.21. The number of nitrogens with zero attached hydrogens (tertiary/aromatic N) is 3. The van der Waals surface area contributed by atoms with Crippen LogP contribution < -0.4 is 10.1 Å². The molecule has 3 atom stereocenters. The van der Waals surface area contributed by atoms with Crippen LogP contribution in [0, 0.1) is 6.92 Å². The highest BCUT2D eigenvalue weighted by molar-refractivity contribution is 7.89. The molecule has 2 aliphatic heterocycles. The number of pyridine rings is 1. The third kappa shape index (κ3) is 4.54. The van der Waals surface area contributed by atoms with Gasteiger partial charge in [0.2, 0.25) is 5.91 Å². The summed E-state index contributed by atoms with van der Waals surface area (Å²) in [5, 5.41) is 3.27. The Bertz CT molecular complexity index is 1490. The first-order valence-corrected chi connectivity index (χ1v) is 13.9. The van der Waals surface area contributed by atoms with Crippen LogP contribution in [0.15, 0.2) is 58.1 Å². The Morgan fingerprint density at radius 2 is 1.97 bits per heavy atom. The predicted octanol–water partition coefficient (Wildman–Crippen LogP) is 2.64. The van der Waals surface area contributed by atoms with Gasteiger partial charge in [-0.3, -0.25) is 9.59 Å². The van der Waals surface area contributed by atoms with Crippen LogP contribution in [-0.2, 0) is 19.6 Å². The average molecular weight is 541 g/mol. The molecule has 2 aromatic heterocycles. The van der Waals surface area contributed by atoms with Gasteiger partial charge in [-0.05, 0) is 38.0 Å². The topological polar surface area (TPSA) is 139 Å². The number of ether oxygens (including phenoxy) is 1. The predicted molar refractivity (Wildman–Crippen MR) is 136 cm³/mol. The number of para-hydroxylation sites is 1. The van der Waals surface area contributed by atoms with E-state index in [-0.39, 0.29) is 29.8 Å². The normalized spacial score (nSPS) is 20.5. The molecule has 5 rings (SSSR count). The second-order valence-corrected chi connectivity index (χ2v) is 11.2. The van der Waals surface area contributed by atoms with Gasteiger partial charge < -0.3 is 19.4 Å². The van der Waals surface area contributed by atoms with E-state index in [2.05, 4.69) is 10.3 Å². The Labute approximate surface area is 219 Å². The standard InChI is InChI=1S/C26H28N4O7S/c1-3-8-18(28-26(33)37-25-16(2)17-9-4-5-10-21(17)36-25)24(32)29-14-12-19-23(29)20(31)15-30(19)38(34,35)22-11-6-7-13-27-22/h4-7,9-11,13,18-19,23H,3,8,12,14-15H2,1-2H3,(H,28,33). The van der Waals surface area contributed by atoms with Crippen molar-refractivity contribution in [1.82, 2.24) is 19.5 Å². The van der Waals surface area contributed by atoms with E-state index in [9.17, 15) is 22.8 Å². The summed E-state index contributed by atoms with van der Waals surface area (Å²) in [5.41, 5.74) is 1.23. The third-order valence-electron chi connectivity index (χ3n) is 7.02. The van der Waals surface area contributed by atoms with E-state index in [0.717, 1.165) is 9.69 Å². The molecule has 1 N–H and O–H groups in total. The first kappa shape index (κ1) is 25.9. The Balaban J connectivity index is 1.31. The van der Waals surface area contributed by atoms with Gasteiger partial charge >= 0.3 is 6.09 Å². The number of furan rings is 1. The second-order valence-electron chi connectivity index (χ2n) is 9.40. The molecule has 12 heteroatoms. The third-order valence-corrected chi connectivity index (χ3v) is 8.81. The molecule has 2 aliphatic rings. The molecule has 38 heavy (non-hydrogen) atoms. The Hall–Kier alpha value is -3.77. The molecule has 1 aromatic carbocycles. The average Bonchev–Trinajstić information content (AvgIpc) is 3.58. The number of carbonyl (C=O) groups excluding carboxylic acids is 3. The number of aromatic nitrogens is 1. The van der Waals surface area contributed by atoms with Crippen LogP contribution in [0.5, 0.6) is 5.95 Å². The van der Waals surface area contributed by atoms with Gasteiger partial charge in [-0.1, -0.05) is 37.6 Å². The van der Waals surface area contributed by atoms with E-state index in [1.807, 2.05) is 19.1 Å². The highest BCUT2D eigenvalue weighted by atomic mass is 32.2. The summed E-state index contributed by atoms with van der Waals surface area (Å²) in [4.78, 5) is 44.6. The number of rotatable bonds is 7. The van der Waals surface area contributed by atoms with Crippen LogP contribution in [0.3, 0.4) is 0 Å². The molecule has 3 unspecified atom stereocenters. The molecular formula is C26H28N4O7S. The van der Waals surface area contributed by atoms with Crippen molar-refractivity contribution in [3.8, 4) is 5.95 Å². The maximum Gasteiger partial charge on any atom is 0.415 e. The quantitative estimate of drug-likeness (QED) is 0.483. The van der Waals surface area contributed by atoms with E-state index in [1.54, 1.807) is 31.2 Å². The van der Waals surface area contributed by atoms with Gasteiger partial charge in [0, 0.05) is 23.7 Å². The van der Waals surface area contributed by atoms with Gasteiger partial charge in [0.25, 0.3) is 16.0 Å². The number of hydrogen-bond acceptors (Lipinski definition) is 8. The van der Waals surface area contributed by atoms with Crippen molar-refractivity contribution in [2.24, 2.45) is 0 Å². The highest BCUT2D eigenvalue weighted by Crippen LogP contribution is 2.34. The van der Waals surface area contributed by atoms with E-state index < -0.39 is 40.1 Å². The van der Waals surface area contributed by atoms with Crippen molar-refractivity contribution in [1.29, 1.82) is 0 Å². The van der Waals surface area contributed by atoms with Crippen molar-refractivity contribution in [2.75, 3.05) is 13.1 Å². The zero-order valence-electron chi connectivity index (χ0n) is 21.0. The Kier molecular flexibility index (Phi) is 6.93. The number of likely N-dealkylation sites (tertiary alicyclic amines) is 1. The van der Waals surface area contributed by atoms with Crippen molar-refractivity contribution in [3.05, 3.63) is 54.2 Å². The summed E-state index contributed by atoms with van der Waals surface area (Å²) in [5.74, 6) is -0.784. The maximum absolute atomic E-state index is 13.5. The molecule has 200 valence electrons. The number of ketones is 1. The lowest BCUT2D eigenvalue weighted by Crippen LogP contribution is -2.53. The van der Waals surface area contributed by atoms with Crippen LogP contribution >= 0.6 is 0 Å². The maximum atomic E-state index is 13.5. The number of Topliss-reactive ketones (excluding diaryl/α,β-unsaturated/α-hetero) is 1. The van der Waals surface area contributed by atoms with Gasteiger partial charge in [0.15, 0.2) is 10.8 Å². The van der Waals surface area contributed by atoms with E-state index in [1.165, 1.54) is 17.2 Å². The number of hydrogen-bond donors (Lipinski definition) is 1. The highest BCUT2D eigenvalue weighted by Gasteiger charge is 2.54. The summed E-state index contributed by atoms with van der Waals surface area (Å²) >= 11 is 0. The molecule has 2 fully saturated rings.